The molecular formula is C19H19ClN4O3S2. The van der Waals surface area contributed by atoms with E-state index < -0.39 is 22.0 Å². The Labute approximate surface area is 178 Å². The molecule has 0 spiro atoms. The first kappa shape index (κ1) is 21.2. The molecule has 152 valence electrons. The normalized spacial score (nSPS) is 12.4. The van der Waals surface area contributed by atoms with Gasteiger partial charge in [0.15, 0.2) is 0 Å². The molecule has 3 rings (SSSR count). The molecule has 0 aliphatic carbocycles. The molecule has 0 aliphatic rings. The van der Waals surface area contributed by atoms with Crippen molar-refractivity contribution in [2.24, 2.45) is 0 Å². The van der Waals surface area contributed by atoms with Crippen molar-refractivity contribution in [1.82, 2.24) is 10.2 Å². The van der Waals surface area contributed by atoms with Gasteiger partial charge in [0.1, 0.15) is 11.0 Å². The highest BCUT2D eigenvalue weighted by Gasteiger charge is 2.29. The second kappa shape index (κ2) is 8.48. The van der Waals surface area contributed by atoms with Crippen LogP contribution in [-0.2, 0) is 14.8 Å². The van der Waals surface area contributed by atoms with Crippen LogP contribution in [0, 0.1) is 6.92 Å². The van der Waals surface area contributed by atoms with E-state index in [2.05, 4.69) is 15.5 Å². The van der Waals surface area contributed by atoms with Crippen molar-refractivity contribution in [2.45, 2.75) is 19.9 Å². The molecule has 7 nitrogen and oxygen atoms in total. The monoisotopic (exact) mass is 450 g/mol. The Kier molecular flexibility index (Phi) is 6.21. The summed E-state index contributed by atoms with van der Waals surface area (Å²) in [5, 5.41) is 12.2. The van der Waals surface area contributed by atoms with Crippen molar-refractivity contribution < 1.29 is 13.2 Å². The van der Waals surface area contributed by atoms with Crippen LogP contribution in [0.15, 0.2) is 48.5 Å². The number of nitrogens with one attached hydrogen (secondary N) is 1. The van der Waals surface area contributed by atoms with Gasteiger partial charge in [0.2, 0.25) is 21.1 Å². The molecule has 0 unspecified atom stereocenters. The lowest BCUT2D eigenvalue weighted by Gasteiger charge is -2.28. The van der Waals surface area contributed by atoms with Crippen molar-refractivity contribution in [3.05, 3.63) is 59.1 Å². The number of hydrogen-bond donors (Lipinski definition) is 1. The second-order valence-corrected chi connectivity index (χ2v) is 9.76. The standard InChI is InChI=1S/C19H19ClN4O3S2/c1-12-5-4-6-16(11-12)24(29(3,26)27)13(2)17(25)21-19-23-22-18(28-19)14-7-9-15(20)10-8-14/h4-11,13H,1-3H3,(H,21,23,25)/t13-/m1/s1. The third kappa shape index (κ3) is 5.11. The average molecular weight is 451 g/mol. The number of hydrogen-bond acceptors (Lipinski definition) is 6. The number of sulfonamides is 1. The predicted molar refractivity (Wildman–Crippen MR) is 117 cm³/mol. The summed E-state index contributed by atoms with van der Waals surface area (Å²) in [6.45, 7) is 3.38. The van der Waals surface area contributed by atoms with Crippen molar-refractivity contribution in [2.75, 3.05) is 15.9 Å². The second-order valence-electron chi connectivity index (χ2n) is 6.48. The summed E-state index contributed by atoms with van der Waals surface area (Å²) in [5.74, 6) is -0.504. The fourth-order valence-corrected chi connectivity index (χ4v) is 4.81. The maximum atomic E-state index is 12.8. The van der Waals surface area contributed by atoms with Gasteiger partial charge in [-0.25, -0.2) is 8.42 Å². The van der Waals surface area contributed by atoms with Crippen LogP contribution in [0.25, 0.3) is 10.6 Å². The molecule has 3 aromatic rings. The molecule has 0 bridgehead atoms. The van der Waals surface area contributed by atoms with Crippen LogP contribution < -0.4 is 9.62 Å². The molecule has 29 heavy (non-hydrogen) atoms. The van der Waals surface area contributed by atoms with Gasteiger partial charge < -0.3 is 0 Å². The number of carbonyl (C=O) groups excluding carboxylic acids is 1. The Morgan fingerprint density at radius 2 is 1.86 bits per heavy atom. The lowest BCUT2D eigenvalue weighted by Crippen LogP contribution is -2.45. The largest absolute Gasteiger partial charge is 0.299 e. The number of aryl methyl sites for hydroxylation is 1. The van der Waals surface area contributed by atoms with Crippen LogP contribution in [0.2, 0.25) is 5.02 Å². The number of rotatable bonds is 6. The summed E-state index contributed by atoms with van der Waals surface area (Å²) in [5.41, 5.74) is 2.13. The third-order valence-corrected chi connectivity index (χ3v) is 6.47. The molecule has 0 radical (unpaired) electrons. The van der Waals surface area contributed by atoms with Crippen LogP contribution in [0.4, 0.5) is 10.8 Å². The molecule has 0 saturated heterocycles. The highest BCUT2D eigenvalue weighted by molar-refractivity contribution is 7.92. The molecule has 0 fully saturated rings. The van der Waals surface area contributed by atoms with Crippen LogP contribution in [0.5, 0.6) is 0 Å². The van der Waals surface area contributed by atoms with Crippen LogP contribution in [-0.4, -0.2) is 36.8 Å². The highest BCUT2D eigenvalue weighted by Crippen LogP contribution is 2.28. The van der Waals surface area contributed by atoms with E-state index in [0.29, 0.717) is 15.7 Å². The van der Waals surface area contributed by atoms with E-state index in [1.807, 2.05) is 13.0 Å². The summed E-state index contributed by atoms with van der Waals surface area (Å²) >= 11 is 7.08. The molecule has 1 aromatic heterocycles. The predicted octanol–water partition coefficient (Wildman–Crippen LogP) is 3.96. The quantitative estimate of drug-likeness (QED) is 0.613. The van der Waals surface area contributed by atoms with E-state index in [1.54, 1.807) is 42.5 Å². The van der Waals surface area contributed by atoms with Gasteiger partial charge in [0, 0.05) is 10.6 Å². The number of aromatic nitrogens is 2. The van der Waals surface area contributed by atoms with Gasteiger partial charge in [-0.15, -0.1) is 10.2 Å². The minimum atomic E-state index is -3.69. The van der Waals surface area contributed by atoms with Crippen LogP contribution in [0.3, 0.4) is 0 Å². The van der Waals surface area contributed by atoms with Gasteiger partial charge in [-0.05, 0) is 43.7 Å². The molecular weight excluding hydrogens is 432 g/mol. The summed E-state index contributed by atoms with van der Waals surface area (Å²) in [6, 6.07) is 13.1. The Balaban J connectivity index is 1.81. The Morgan fingerprint density at radius 3 is 2.48 bits per heavy atom. The number of nitrogens with zero attached hydrogens (tertiary/aromatic N) is 3. The maximum Gasteiger partial charge on any atom is 0.249 e. The smallest absolute Gasteiger partial charge is 0.249 e. The van der Waals surface area contributed by atoms with E-state index >= 15 is 0 Å². The van der Waals surface area contributed by atoms with E-state index in [9.17, 15) is 13.2 Å². The van der Waals surface area contributed by atoms with Crippen molar-refractivity contribution >= 4 is 49.7 Å². The summed E-state index contributed by atoms with van der Waals surface area (Å²) in [7, 11) is -3.69. The molecule has 1 atom stereocenters. The Hall–Kier alpha value is -2.49. The fraction of sp³-hybridized carbons (Fsp3) is 0.211. The number of carbonyl (C=O) groups is 1. The van der Waals surface area contributed by atoms with Gasteiger partial charge in [-0.3, -0.25) is 14.4 Å². The molecule has 0 aliphatic heterocycles. The minimum Gasteiger partial charge on any atom is -0.299 e. The lowest BCUT2D eigenvalue weighted by atomic mass is 10.2. The van der Waals surface area contributed by atoms with Gasteiger partial charge in [-0.2, -0.15) is 0 Å². The fourth-order valence-electron chi connectivity index (χ4n) is 2.77. The first-order valence-corrected chi connectivity index (χ1v) is 11.7. The van der Waals surface area contributed by atoms with Crippen molar-refractivity contribution in [3.63, 3.8) is 0 Å². The zero-order chi connectivity index (χ0) is 21.2. The topological polar surface area (TPSA) is 92.3 Å². The summed E-state index contributed by atoms with van der Waals surface area (Å²) in [4.78, 5) is 12.8. The van der Waals surface area contributed by atoms with Crippen LogP contribution in [0.1, 0.15) is 12.5 Å². The first-order chi connectivity index (χ1) is 13.6. The number of amides is 1. The van der Waals surface area contributed by atoms with Gasteiger partial charge in [0.05, 0.1) is 11.9 Å². The maximum absolute atomic E-state index is 12.8. The van der Waals surface area contributed by atoms with Crippen molar-refractivity contribution in [1.29, 1.82) is 0 Å². The zero-order valence-corrected chi connectivity index (χ0v) is 18.3. The third-order valence-electron chi connectivity index (χ3n) is 4.09. The first-order valence-electron chi connectivity index (χ1n) is 8.61. The SMILES string of the molecule is Cc1cccc(N([C@H](C)C(=O)Nc2nnc(-c3ccc(Cl)cc3)s2)S(C)(=O)=O)c1. The van der Waals surface area contributed by atoms with E-state index in [4.69, 9.17) is 11.6 Å². The minimum absolute atomic E-state index is 0.282. The molecule has 2 aromatic carbocycles. The zero-order valence-electron chi connectivity index (χ0n) is 16.0. The average Bonchev–Trinajstić information content (AvgIpc) is 3.09. The Morgan fingerprint density at radius 1 is 1.17 bits per heavy atom. The van der Waals surface area contributed by atoms with E-state index in [-0.39, 0.29) is 5.13 Å². The van der Waals surface area contributed by atoms with E-state index in [0.717, 1.165) is 21.7 Å². The molecule has 10 heteroatoms. The molecule has 1 N–H and O–H groups in total. The lowest BCUT2D eigenvalue weighted by molar-refractivity contribution is -0.116. The van der Waals surface area contributed by atoms with Gasteiger partial charge in [0.25, 0.3) is 0 Å². The number of halogens is 1. The number of anilines is 2. The molecule has 1 amide bonds. The molecule has 0 saturated carbocycles. The number of benzene rings is 2. The molecule has 1 heterocycles. The highest BCUT2D eigenvalue weighted by atomic mass is 35.5. The van der Waals surface area contributed by atoms with Crippen molar-refractivity contribution in [3.8, 4) is 10.6 Å². The van der Waals surface area contributed by atoms with Gasteiger partial charge in [-0.1, -0.05) is 47.2 Å². The summed E-state index contributed by atoms with van der Waals surface area (Å²) < 4.78 is 25.8. The van der Waals surface area contributed by atoms with Gasteiger partial charge >= 0.3 is 0 Å². The Bertz CT molecular complexity index is 1130. The van der Waals surface area contributed by atoms with E-state index in [1.165, 1.54) is 18.3 Å². The summed E-state index contributed by atoms with van der Waals surface area (Å²) in [6.07, 6.45) is 1.07. The van der Waals surface area contributed by atoms with Crippen LogP contribution >= 0.6 is 22.9 Å².